The molecule has 0 unspecified atom stereocenters. The van der Waals surface area contributed by atoms with Crippen molar-refractivity contribution in [3.05, 3.63) is 0 Å². The Morgan fingerprint density at radius 1 is 1.36 bits per heavy atom. The molecule has 1 nitrogen and oxygen atoms in total. The third-order valence-corrected chi connectivity index (χ3v) is 6.98. The highest BCUT2D eigenvalue weighted by molar-refractivity contribution is 6.78. The first-order chi connectivity index (χ1) is 5.12. The number of alkyl halides is 1. The van der Waals surface area contributed by atoms with Crippen LogP contribution in [-0.4, -0.2) is 31.6 Å². The molecular weight excluding hydrogens is 175 g/mol. The Labute approximate surface area is 72.3 Å². The Morgan fingerprint density at radius 3 is 2.45 bits per heavy atom. The lowest BCUT2D eigenvalue weighted by atomic mass is 10.9. The van der Waals surface area contributed by atoms with Gasteiger partial charge in [-0.3, -0.25) is 4.39 Å². The molecule has 0 aromatic rings. The Balaban J connectivity index is 3.38. The number of rotatable bonds is 6. The van der Waals surface area contributed by atoms with Crippen LogP contribution in [0.3, 0.4) is 0 Å². The molecule has 0 aromatic carbocycles. The van der Waals surface area contributed by atoms with Gasteiger partial charge in [-0.05, 0) is 12.1 Å². The number of halogens is 1. The smallest absolute Gasteiger partial charge is 0.160 e. The topological polar surface area (TPSA) is 9.23 Å². The Morgan fingerprint density at radius 2 is 2.00 bits per heavy atom. The van der Waals surface area contributed by atoms with Crippen molar-refractivity contribution in [3.8, 4) is 0 Å². The lowest BCUT2D eigenvalue weighted by Crippen LogP contribution is -2.25. The molecule has 0 aliphatic rings. The van der Waals surface area contributed by atoms with Gasteiger partial charge in [0.25, 0.3) is 0 Å². The van der Waals surface area contributed by atoms with Crippen LogP contribution in [0.15, 0.2) is 0 Å². The summed E-state index contributed by atoms with van der Waals surface area (Å²) in [5.74, 6) is 0. The van der Waals surface area contributed by atoms with Crippen LogP contribution in [0.2, 0.25) is 31.2 Å². The van der Waals surface area contributed by atoms with E-state index >= 15 is 0 Å². The van der Waals surface area contributed by atoms with Gasteiger partial charge in [-0.25, -0.2) is 0 Å². The van der Waals surface area contributed by atoms with Crippen LogP contribution in [0.25, 0.3) is 0 Å². The molecule has 0 rings (SSSR count). The maximum absolute atomic E-state index is 12.0. The van der Waals surface area contributed by atoms with Crippen LogP contribution in [0.4, 0.5) is 4.39 Å². The van der Waals surface area contributed by atoms with Crippen LogP contribution >= 0.6 is 0 Å². The average Bonchev–Trinajstić information content (AvgIpc) is 1.87. The molecule has 0 radical (unpaired) electrons. The van der Waals surface area contributed by atoms with Gasteiger partial charge in [0, 0.05) is 15.2 Å². The zero-order valence-corrected chi connectivity index (χ0v) is 10.2. The second kappa shape index (κ2) is 5.91. The molecule has 0 aromatic heterocycles. The van der Waals surface area contributed by atoms with E-state index in [4.69, 9.17) is 4.43 Å². The van der Waals surface area contributed by atoms with Crippen LogP contribution in [0, 0.1) is 0 Å². The summed E-state index contributed by atoms with van der Waals surface area (Å²) < 4.78 is 17.1. The first-order valence-corrected chi connectivity index (χ1v) is 9.16. The van der Waals surface area contributed by atoms with E-state index in [1.165, 1.54) is 12.1 Å². The van der Waals surface area contributed by atoms with Crippen molar-refractivity contribution in [1.82, 2.24) is 0 Å². The standard InChI is InChI=1S/C7H19FOSi2/c1-9-10-5-7-11(2,3)6-4-8/h4-7,10H2,1-3H3. The monoisotopic (exact) mass is 194 g/mol. The van der Waals surface area contributed by atoms with E-state index in [9.17, 15) is 4.39 Å². The quantitative estimate of drug-likeness (QED) is 0.463. The van der Waals surface area contributed by atoms with Gasteiger partial charge >= 0.3 is 0 Å². The third-order valence-electron chi connectivity index (χ3n) is 1.97. The fourth-order valence-corrected chi connectivity index (χ4v) is 6.53. The first kappa shape index (κ1) is 11.3. The molecule has 0 N–H and O–H groups in total. The second-order valence-electron chi connectivity index (χ2n) is 3.70. The SMILES string of the molecule is CO[SiH2]CC[Si](C)(C)CCF. The molecular formula is C7H19FOSi2. The van der Waals surface area contributed by atoms with Crippen molar-refractivity contribution in [2.24, 2.45) is 0 Å². The van der Waals surface area contributed by atoms with Gasteiger partial charge in [-0.2, -0.15) is 0 Å². The van der Waals surface area contributed by atoms with Crippen LogP contribution in [-0.2, 0) is 4.43 Å². The average molecular weight is 194 g/mol. The van der Waals surface area contributed by atoms with Crippen molar-refractivity contribution < 1.29 is 8.82 Å². The summed E-state index contributed by atoms with van der Waals surface area (Å²) in [4.78, 5) is 0. The van der Waals surface area contributed by atoms with Gasteiger partial charge in [0.05, 0.1) is 6.67 Å². The summed E-state index contributed by atoms with van der Waals surface area (Å²) in [6.45, 7) is 4.39. The van der Waals surface area contributed by atoms with Crippen molar-refractivity contribution in [1.29, 1.82) is 0 Å². The first-order valence-electron chi connectivity index (χ1n) is 4.17. The Hall–Kier alpha value is 0.324. The fourth-order valence-electron chi connectivity index (χ4n) is 1.08. The molecule has 68 valence electrons. The lowest BCUT2D eigenvalue weighted by Gasteiger charge is -2.19. The van der Waals surface area contributed by atoms with E-state index in [1.54, 1.807) is 7.11 Å². The van der Waals surface area contributed by atoms with Crippen LogP contribution in [0.1, 0.15) is 0 Å². The molecule has 0 spiro atoms. The van der Waals surface area contributed by atoms with Crippen molar-refractivity contribution in [3.63, 3.8) is 0 Å². The predicted molar refractivity (Wildman–Crippen MR) is 53.4 cm³/mol. The molecule has 0 aliphatic heterocycles. The summed E-state index contributed by atoms with van der Waals surface area (Å²) in [6.07, 6.45) is 0. The largest absolute Gasteiger partial charge is 0.427 e. The highest BCUT2D eigenvalue weighted by Gasteiger charge is 2.19. The number of hydrogen-bond donors (Lipinski definition) is 0. The second-order valence-corrected chi connectivity index (χ2v) is 10.7. The van der Waals surface area contributed by atoms with E-state index in [1.807, 2.05) is 0 Å². The lowest BCUT2D eigenvalue weighted by molar-refractivity contribution is 0.442. The predicted octanol–water partition coefficient (Wildman–Crippen LogP) is 1.81. The fraction of sp³-hybridized carbons (Fsp3) is 1.00. The van der Waals surface area contributed by atoms with E-state index in [2.05, 4.69) is 13.1 Å². The van der Waals surface area contributed by atoms with E-state index < -0.39 is 8.07 Å². The number of hydrogen-bond acceptors (Lipinski definition) is 1. The maximum atomic E-state index is 12.0. The molecule has 0 heterocycles. The normalized spacial score (nSPS) is 13.1. The summed E-state index contributed by atoms with van der Waals surface area (Å²) in [6, 6.07) is 3.30. The van der Waals surface area contributed by atoms with Gasteiger partial charge in [0.15, 0.2) is 9.76 Å². The molecule has 0 fully saturated rings. The van der Waals surface area contributed by atoms with Gasteiger partial charge in [-0.15, -0.1) is 0 Å². The highest BCUT2D eigenvalue weighted by atomic mass is 28.3. The third kappa shape index (κ3) is 6.71. The zero-order chi connectivity index (χ0) is 8.74. The highest BCUT2D eigenvalue weighted by Crippen LogP contribution is 2.17. The van der Waals surface area contributed by atoms with Crippen molar-refractivity contribution in [2.45, 2.75) is 31.2 Å². The summed E-state index contributed by atoms with van der Waals surface area (Å²) in [5.41, 5.74) is 0. The molecule has 0 atom stereocenters. The maximum Gasteiger partial charge on any atom is 0.160 e. The molecule has 0 saturated carbocycles. The summed E-state index contributed by atoms with van der Waals surface area (Å²) in [7, 11) is 0.350. The molecule has 11 heavy (non-hydrogen) atoms. The zero-order valence-electron chi connectivity index (χ0n) is 7.82. The van der Waals surface area contributed by atoms with Gasteiger partial charge in [0.1, 0.15) is 0 Å². The van der Waals surface area contributed by atoms with Gasteiger partial charge in [-0.1, -0.05) is 19.1 Å². The van der Waals surface area contributed by atoms with E-state index in [0.717, 1.165) is 6.04 Å². The minimum Gasteiger partial charge on any atom is -0.427 e. The van der Waals surface area contributed by atoms with Crippen molar-refractivity contribution in [2.75, 3.05) is 13.8 Å². The minimum atomic E-state index is -1.16. The minimum absolute atomic E-state index is 0.131. The Kier molecular flexibility index (Phi) is 6.08. The van der Waals surface area contributed by atoms with Crippen LogP contribution in [0.5, 0.6) is 0 Å². The van der Waals surface area contributed by atoms with Crippen molar-refractivity contribution >= 4 is 17.8 Å². The molecule has 0 aliphatic carbocycles. The van der Waals surface area contributed by atoms with Gasteiger partial charge in [0.2, 0.25) is 0 Å². The molecule has 4 heteroatoms. The summed E-state index contributed by atoms with van der Waals surface area (Å²) in [5, 5.41) is 0. The van der Waals surface area contributed by atoms with E-state index in [-0.39, 0.29) is 16.4 Å². The van der Waals surface area contributed by atoms with Crippen LogP contribution < -0.4 is 0 Å². The summed E-state index contributed by atoms with van der Waals surface area (Å²) >= 11 is 0. The molecule has 0 saturated heterocycles. The van der Waals surface area contributed by atoms with Gasteiger partial charge < -0.3 is 4.43 Å². The molecule has 0 bridgehead atoms. The van der Waals surface area contributed by atoms with E-state index in [0.29, 0.717) is 0 Å². The Bertz CT molecular complexity index is 98.4. The molecule has 0 amide bonds.